The van der Waals surface area contributed by atoms with Crippen molar-refractivity contribution in [3.8, 4) is 0 Å². The highest BCUT2D eigenvalue weighted by Crippen LogP contribution is 2.38. The average Bonchev–Trinajstić information content (AvgIpc) is 2.04. The van der Waals surface area contributed by atoms with Crippen LogP contribution in [-0.2, 0) is 13.6 Å². The Bertz CT molecular complexity index is 117. The van der Waals surface area contributed by atoms with Gasteiger partial charge in [0.25, 0.3) is 5.09 Å². The number of nitrogens with zero attached hydrogens (tertiary/aromatic N) is 1. The van der Waals surface area contributed by atoms with Gasteiger partial charge in [0.1, 0.15) is 0 Å². The summed E-state index contributed by atoms with van der Waals surface area (Å²) < 4.78 is 15.4. The fourth-order valence-electron chi connectivity index (χ4n) is 0.428. The van der Waals surface area contributed by atoms with E-state index in [1.54, 1.807) is 0 Å². The molecule has 0 aromatic carbocycles. The third kappa shape index (κ3) is 17.6. The van der Waals surface area contributed by atoms with Gasteiger partial charge in [0.05, 0.1) is 19.8 Å². The molecule has 0 unspecified atom stereocenters. The first-order valence-corrected chi connectivity index (χ1v) is 5.20. The second kappa shape index (κ2) is 12.5. The summed E-state index contributed by atoms with van der Waals surface area (Å²) in [6, 6.07) is 0. The lowest BCUT2D eigenvalue weighted by atomic mass is 10.9. The molecule has 0 radical (unpaired) electrons. The molecule has 0 saturated carbocycles. The molecule has 0 aliphatic heterocycles. The molecule has 0 fully saturated rings. The van der Waals surface area contributed by atoms with Crippen LogP contribution in [0, 0.1) is 10.1 Å². The van der Waals surface area contributed by atoms with Gasteiger partial charge in [-0.25, -0.2) is 0 Å². The van der Waals surface area contributed by atoms with E-state index in [1.807, 2.05) is 20.8 Å². The van der Waals surface area contributed by atoms with Crippen molar-refractivity contribution in [1.29, 1.82) is 0 Å². The smallest absolute Gasteiger partial charge is 0.328 e. The van der Waals surface area contributed by atoms with Gasteiger partial charge in [-0.3, -0.25) is 0 Å². The van der Waals surface area contributed by atoms with Crippen LogP contribution in [0.2, 0.25) is 0 Å². The summed E-state index contributed by atoms with van der Waals surface area (Å²) in [4.78, 5) is 8.36. The van der Waals surface area contributed by atoms with Crippen LogP contribution in [0.15, 0.2) is 0 Å². The standard InChI is InChI=1S/C6H15O3P.HNO3/c1-4-7-10(8-5-2)9-6-3;2-1(3)4/h4-6H2,1-3H3;(H,2,3,4). The van der Waals surface area contributed by atoms with Crippen LogP contribution >= 0.6 is 8.60 Å². The van der Waals surface area contributed by atoms with Crippen LogP contribution < -0.4 is 0 Å². The molecule has 0 amide bonds. The third-order valence-electron chi connectivity index (χ3n) is 0.704. The molecule has 0 rings (SSSR count). The van der Waals surface area contributed by atoms with Gasteiger partial charge in [-0.2, -0.15) is 0 Å². The Labute approximate surface area is 84.1 Å². The molecular formula is C6H16NO6P. The molecule has 0 aromatic heterocycles. The van der Waals surface area contributed by atoms with Crippen LogP contribution in [0.1, 0.15) is 20.8 Å². The molecule has 0 heterocycles. The maximum absolute atomic E-state index is 8.36. The summed E-state index contributed by atoms with van der Waals surface area (Å²) >= 11 is 0. The van der Waals surface area contributed by atoms with E-state index in [0.717, 1.165) is 0 Å². The molecule has 14 heavy (non-hydrogen) atoms. The van der Waals surface area contributed by atoms with Gasteiger partial charge in [-0.15, -0.1) is 10.1 Å². The first-order valence-electron chi connectivity index (χ1n) is 4.10. The molecule has 0 atom stereocenters. The van der Waals surface area contributed by atoms with Crippen LogP contribution in [-0.4, -0.2) is 30.1 Å². The van der Waals surface area contributed by atoms with Gasteiger partial charge in [0.15, 0.2) is 0 Å². The maximum atomic E-state index is 8.36. The van der Waals surface area contributed by atoms with Crippen molar-refractivity contribution in [3.63, 3.8) is 0 Å². The number of hydrogen-bond acceptors (Lipinski definition) is 5. The van der Waals surface area contributed by atoms with Gasteiger partial charge < -0.3 is 18.8 Å². The van der Waals surface area contributed by atoms with Crippen molar-refractivity contribution < 1.29 is 23.9 Å². The second-order valence-electron chi connectivity index (χ2n) is 1.71. The molecule has 0 bridgehead atoms. The second-order valence-corrected chi connectivity index (χ2v) is 2.94. The Morgan fingerprint density at radius 3 is 1.50 bits per heavy atom. The average molecular weight is 229 g/mol. The van der Waals surface area contributed by atoms with E-state index in [1.165, 1.54) is 0 Å². The van der Waals surface area contributed by atoms with Crippen LogP contribution in [0.4, 0.5) is 0 Å². The topological polar surface area (TPSA) is 91.1 Å². The zero-order valence-corrected chi connectivity index (χ0v) is 9.40. The highest BCUT2D eigenvalue weighted by atomic mass is 31.2. The van der Waals surface area contributed by atoms with E-state index in [-0.39, 0.29) is 0 Å². The summed E-state index contributed by atoms with van der Waals surface area (Å²) in [5.74, 6) is 0. The van der Waals surface area contributed by atoms with Gasteiger partial charge in [-0.1, -0.05) is 0 Å². The van der Waals surface area contributed by atoms with Crippen LogP contribution in [0.3, 0.4) is 0 Å². The molecule has 1 N–H and O–H groups in total. The Hall–Kier alpha value is -0.490. The number of hydrogen-bond donors (Lipinski definition) is 1. The van der Waals surface area contributed by atoms with Crippen molar-refractivity contribution in [2.75, 3.05) is 19.8 Å². The molecule has 8 heteroatoms. The quantitative estimate of drug-likeness (QED) is 0.425. The third-order valence-corrected chi connectivity index (χ3v) is 2.11. The number of rotatable bonds is 6. The monoisotopic (exact) mass is 229 g/mol. The molecule has 7 nitrogen and oxygen atoms in total. The van der Waals surface area contributed by atoms with Gasteiger partial charge >= 0.3 is 8.60 Å². The Morgan fingerprint density at radius 1 is 1.14 bits per heavy atom. The van der Waals surface area contributed by atoms with E-state index in [9.17, 15) is 0 Å². The highest BCUT2D eigenvalue weighted by molar-refractivity contribution is 7.41. The van der Waals surface area contributed by atoms with Gasteiger partial charge in [0.2, 0.25) is 0 Å². The van der Waals surface area contributed by atoms with E-state index in [2.05, 4.69) is 0 Å². The van der Waals surface area contributed by atoms with Gasteiger partial charge in [-0.05, 0) is 20.8 Å². The molecule has 0 aliphatic carbocycles. The van der Waals surface area contributed by atoms with Crippen molar-refractivity contribution in [2.24, 2.45) is 0 Å². The molecule has 0 aliphatic rings. The fraction of sp³-hybridized carbons (Fsp3) is 1.00. The summed E-state index contributed by atoms with van der Waals surface area (Å²) in [7, 11) is -1.06. The van der Waals surface area contributed by atoms with Crippen molar-refractivity contribution in [1.82, 2.24) is 0 Å². The van der Waals surface area contributed by atoms with Gasteiger partial charge in [0, 0.05) is 0 Å². The largest absolute Gasteiger partial charge is 0.332 e. The minimum atomic E-state index is -1.50. The van der Waals surface area contributed by atoms with E-state index < -0.39 is 13.7 Å². The normalized spacial score (nSPS) is 9.43. The Kier molecular flexibility index (Phi) is 14.3. The first kappa shape index (κ1) is 16.0. The molecule has 86 valence electrons. The fourth-order valence-corrected chi connectivity index (χ4v) is 1.28. The predicted octanol–water partition coefficient (Wildman–Crippen LogP) is 1.98. The van der Waals surface area contributed by atoms with Crippen molar-refractivity contribution in [2.45, 2.75) is 20.8 Å². The Balaban J connectivity index is 0. The van der Waals surface area contributed by atoms with Crippen LogP contribution in [0.25, 0.3) is 0 Å². The lowest BCUT2D eigenvalue weighted by Gasteiger charge is -2.12. The zero-order chi connectivity index (χ0) is 11.4. The van der Waals surface area contributed by atoms with Crippen LogP contribution in [0.5, 0.6) is 0 Å². The minimum absolute atomic E-state index is 0.645. The van der Waals surface area contributed by atoms with Crippen molar-refractivity contribution >= 4 is 8.60 Å². The predicted molar refractivity (Wildman–Crippen MR) is 50.6 cm³/mol. The van der Waals surface area contributed by atoms with E-state index in [0.29, 0.717) is 19.8 Å². The lowest BCUT2D eigenvalue weighted by molar-refractivity contribution is -0.742. The maximum Gasteiger partial charge on any atom is 0.332 e. The molecular weight excluding hydrogens is 213 g/mol. The molecule has 0 aromatic rings. The highest BCUT2D eigenvalue weighted by Gasteiger charge is 2.07. The van der Waals surface area contributed by atoms with Crippen molar-refractivity contribution in [3.05, 3.63) is 10.1 Å². The first-order chi connectivity index (χ1) is 6.58. The Morgan fingerprint density at radius 2 is 1.36 bits per heavy atom. The summed E-state index contributed by atoms with van der Waals surface area (Å²) in [6.45, 7) is 7.71. The SMILES string of the molecule is CCOP(OCC)OCC.O=[N+]([O-])O. The molecule has 0 saturated heterocycles. The summed E-state index contributed by atoms with van der Waals surface area (Å²) in [5, 5.41) is 13.6. The lowest BCUT2D eigenvalue weighted by Crippen LogP contribution is -1.94. The zero-order valence-electron chi connectivity index (χ0n) is 8.50. The van der Waals surface area contributed by atoms with E-state index >= 15 is 0 Å². The summed E-state index contributed by atoms with van der Waals surface area (Å²) in [6.07, 6.45) is 0. The summed E-state index contributed by atoms with van der Waals surface area (Å²) in [5.41, 5.74) is 0. The van der Waals surface area contributed by atoms with E-state index in [4.69, 9.17) is 28.9 Å². The molecule has 0 spiro atoms. The minimum Gasteiger partial charge on any atom is -0.328 e.